The molecule has 0 fully saturated rings. The van der Waals surface area contributed by atoms with Crippen molar-refractivity contribution in [3.63, 3.8) is 0 Å². The molecular weight excluding hydrogens is 1210 g/mol. The second-order valence-corrected chi connectivity index (χ2v) is 27.6. The molecule has 436 valence electrons. The zero-order chi connectivity index (χ0) is 61.3. The lowest BCUT2D eigenvalue weighted by Crippen LogP contribution is -2.03. The number of thiophene rings is 3. The first kappa shape index (κ1) is 52.0. The van der Waals surface area contributed by atoms with Crippen LogP contribution < -0.4 is 0 Å². The summed E-state index contributed by atoms with van der Waals surface area (Å²) in [4.78, 5) is 21.7. The Hall–Kier alpha value is -11.7. The average molecular weight is 1250 g/mol. The Balaban J connectivity index is 0.000000126. The molecule has 0 amide bonds. The molecule has 0 aliphatic rings. The molecule has 0 atom stereocenters. The number of nitrogens with zero attached hydrogens (tertiary/aromatic N) is 6. The molecule has 0 spiro atoms. The van der Waals surface area contributed by atoms with Gasteiger partial charge >= 0.3 is 0 Å². The summed E-state index contributed by atoms with van der Waals surface area (Å²) in [5.74, 6) is 1.32. The van der Waals surface area contributed by atoms with Crippen molar-refractivity contribution in [2.75, 3.05) is 0 Å². The standard InChI is InChI=1S/C42H23N3OS.C42H23N3S2/c1-2-11-26-23-34-32(21-25(26)10-1)38-28-12-4-3-9-24(28)17-19-33(38)45(34)42-43-39(41-40(44-42)30-14-5-7-15-35(30)46-41)27-18-20-37-31(22-27)29-13-6-8-16-36(29)47-37;1-2-11-26-23-34-32(21-25(26)10-1)30-19-17-24-9-3-4-12-28(24)40(30)45(34)42-43-38(41-39(44-42)31-14-6-8-16-36(31)47-41)27-18-20-37-33(22-27)29-13-5-7-15-35(29)46-37/h2*1-23H. The van der Waals surface area contributed by atoms with Crippen LogP contribution in [0.25, 0.3) is 204 Å². The van der Waals surface area contributed by atoms with Crippen LogP contribution in [-0.2, 0) is 0 Å². The van der Waals surface area contributed by atoms with E-state index in [0.29, 0.717) is 17.5 Å². The average Bonchev–Trinajstić information content (AvgIpc) is 1.56. The van der Waals surface area contributed by atoms with Crippen LogP contribution in [0.5, 0.6) is 0 Å². The van der Waals surface area contributed by atoms with E-state index in [2.05, 4.69) is 270 Å². The monoisotopic (exact) mass is 1250 g/mol. The lowest BCUT2D eigenvalue weighted by atomic mass is 10.0. The molecule has 7 nitrogen and oxygen atoms in total. The molecular formula is C84H46N6OS3. The third kappa shape index (κ3) is 7.70. The summed E-state index contributed by atoms with van der Waals surface area (Å²) in [5.41, 5.74) is 11.6. The molecule has 8 aromatic heterocycles. The molecule has 14 aromatic carbocycles. The van der Waals surface area contributed by atoms with Gasteiger partial charge in [-0.1, -0.05) is 194 Å². The van der Waals surface area contributed by atoms with Crippen molar-refractivity contribution < 1.29 is 4.42 Å². The van der Waals surface area contributed by atoms with Gasteiger partial charge in [-0.2, -0.15) is 0 Å². The molecule has 0 N–H and O–H groups in total. The fourth-order valence-electron chi connectivity index (χ4n) is 14.9. The molecule has 22 aromatic rings. The van der Waals surface area contributed by atoms with Crippen LogP contribution in [0.4, 0.5) is 0 Å². The number of hydrogen-bond acceptors (Lipinski definition) is 8. The van der Waals surface area contributed by atoms with Gasteiger partial charge in [-0.15, -0.1) is 34.0 Å². The van der Waals surface area contributed by atoms with Crippen molar-refractivity contribution in [1.82, 2.24) is 29.1 Å². The number of fused-ring (bicyclic) bond motifs is 24. The summed E-state index contributed by atoms with van der Waals surface area (Å²) < 4.78 is 18.6. The number of rotatable bonds is 4. The maximum absolute atomic E-state index is 6.55. The van der Waals surface area contributed by atoms with Gasteiger partial charge in [0.1, 0.15) is 16.8 Å². The SMILES string of the molecule is c1ccc2cc3c(cc2c1)c1c2ccccc2ccc1n3-c1nc(-c2ccc3sc4ccccc4c3c2)c2oc3ccccc3c2n1.c1ccc2cc3c(cc2c1)c1ccc2ccccc2c1n3-c1nc(-c2ccc3sc4ccccc4c3c2)c2sc3ccccc3c2n1. The highest BCUT2D eigenvalue weighted by Crippen LogP contribution is 2.46. The minimum absolute atomic E-state index is 0.625. The highest BCUT2D eigenvalue weighted by Gasteiger charge is 2.25. The van der Waals surface area contributed by atoms with Crippen molar-refractivity contribution in [2.24, 2.45) is 0 Å². The number of hydrogen-bond donors (Lipinski definition) is 0. The summed E-state index contributed by atoms with van der Waals surface area (Å²) in [7, 11) is 0. The van der Waals surface area contributed by atoms with Crippen LogP contribution in [0.15, 0.2) is 283 Å². The molecule has 8 heterocycles. The van der Waals surface area contributed by atoms with Gasteiger partial charge in [-0.05, 0) is 123 Å². The topological polar surface area (TPSA) is 74.6 Å². The molecule has 0 radical (unpaired) electrons. The number of furan rings is 1. The second-order valence-electron chi connectivity index (χ2n) is 24.4. The molecule has 0 aliphatic heterocycles. The van der Waals surface area contributed by atoms with Crippen LogP contribution in [-0.4, -0.2) is 29.1 Å². The number of aromatic nitrogens is 6. The molecule has 0 saturated heterocycles. The molecule has 0 aliphatic carbocycles. The fourth-order valence-corrected chi connectivity index (χ4v) is 18.2. The van der Waals surface area contributed by atoms with E-state index in [1.807, 2.05) is 40.9 Å². The first-order valence-corrected chi connectivity index (χ1v) is 33.9. The van der Waals surface area contributed by atoms with Gasteiger partial charge in [0.15, 0.2) is 5.58 Å². The highest BCUT2D eigenvalue weighted by atomic mass is 32.1. The van der Waals surface area contributed by atoms with Crippen LogP contribution in [0.1, 0.15) is 0 Å². The second kappa shape index (κ2) is 19.9. The Bertz CT molecular complexity index is 7000. The smallest absolute Gasteiger partial charge is 0.236 e. The summed E-state index contributed by atoms with van der Waals surface area (Å²) in [6.45, 7) is 0. The molecule has 0 bridgehead atoms. The van der Waals surface area contributed by atoms with E-state index < -0.39 is 0 Å². The first-order chi connectivity index (χ1) is 46.6. The van der Waals surface area contributed by atoms with Crippen molar-refractivity contribution in [3.05, 3.63) is 279 Å². The van der Waals surface area contributed by atoms with Gasteiger partial charge in [-0.3, -0.25) is 9.13 Å². The van der Waals surface area contributed by atoms with Gasteiger partial charge in [0.2, 0.25) is 11.9 Å². The van der Waals surface area contributed by atoms with E-state index in [1.165, 1.54) is 110 Å². The molecule has 0 saturated carbocycles. The predicted octanol–water partition coefficient (Wildman–Crippen LogP) is 24.1. The lowest BCUT2D eigenvalue weighted by Gasteiger charge is -2.12. The Morgan fingerprint density at radius 3 is 1.44 bits per heavy atom. The van der Waals surface area contributed by atoms with E-state index in [-0.39, 0.29) is 0 Å². The van der Waals surface area contributed by atoms with E-state index in [1.54, 1.807) is 11.3 Å². The first-order valence-electron chi connectivity index (χ1n) is 31.5. The van der Waals surface area contributed by atoms with E-state index in [4.69, 9.17) is 24.4 Å². The largest absolute Gasteiger partial charge is 0.452 e. The normalized spacial score (nSPS) is 12.3. The Labute approximate surface area is 546 Å². The minimum atomic E-state index is 0.625. The number of benzene rings is 14. The van der Waals surface area contributed by atoms with Crippen molar-refractivity contribution in [3.8, 4) is 34.4 Å². The van der Waals surface area contributed by atoms with Gasteiger partial charge < -0.3 is 4.42 Å². The molecule has 22 rings (SSSR count). The maximum atomic E-state index is 6.55. The van der Waals surface area contributed by atoms with Crippen LogP contribution in [0.2, 0.25) is 0 Å². The molecule has 10 heteroatoms. The van der Waals surface area contributed by atoms with Crippen molar-refractivity contribution in [1.29, 1.82) is 0 Å². The van der Waals surface area contributed by atoms with Gasteiger partial charge in [0.25, 0.3) is 0 Å². The quantitative estimate of drug-likeness (QED) is 0.176. The maximum Gasteiger partial charge on any atom is 0.236 e. The summed E-state index contributed by atoms with van der Waals surface area (Å²) >= 11 is 5.44. The third-order valence-corrected chi connectivity index (χ3v) is 22.6. The van der Waals surface area contributed by atoms with Crippen LogP contribution in [0, 0.1) is 0 Å². The highest BCUT2D eigenvalue weighted by molar-refractivity contribution is 7.27. The molecule has 0 unspecified atom stereocenters. The summed E-state index contributed by atoms with van der Waals surface area (Å²) in [6.07, 6.45) is 0. The molecule has 94 heavy (non-hydrogen) atoms. The Kier molecular flexibility index (Phi) is 11.0. The van der Waals surface area contributed by atoms with Crippen LogP contribution >= 0.6 is 34.0 Å². The summed E-state index contributed by atoms with van der Waals surface area (Å²) in [6, 6.07) is 100. The van der Waals surface area contributed by atoms with Gasteiger partial charge in [0, 0.05) is 93.9 Å². The third-order valence-electron chi connectivity index (χ3n) is 19.2. The number of para-hydroxylation sites is 1. The minimum Gasteiger partial charge on any atom is -0.452 e. The van der Waals surface area contributed by atoms with Crippen molar-refractivity contribution >= 4 is 203 Å². The lowest BCUT2D eigenvalue weighted by molar-refractivity contribution is 0.666. The Morgan fingerprint density at radius 1 is 0.277 bits per heavy atom. The van der Waals surface area contributed by atoms with Gasteiger partial charge in [0.05, 0.1) is 38.0 Å². The fraction of sp³-hybridized carbons (Fsp3) is 0. The zero-order valence-electron chi connectivity index (χ0n) is 49.9. The van der Waals surface area contributed by atoms with E-state index in [9.17, 15) is 0 Å². The van der Waals surface area contributed by atoms with E-state index in [0.717, 1.165) is 76.7 Å². The Morgan fingerprint density at radius 2 is 0.755 bits per heavy atom. The summed E-state index contributed by atoms with van der Waals surface area (Å²) in [5, 5.41) is 21.6. The van der Waals surface area contributed by atoms with Gasteiger partial charge in [-0.25, -0.2) is 19.9 Å². The van der Waals surface area contributed by atoms with E-state index >= 15 is 0 Å². The zero-order valence-corrected chi connectivity index (χ0v) is 52.3. The van der Waals surface area contributed by atoms with Crippen LogP contribution in [0.3, 0.4) is 0 Å². The predicted molar refractivity (Wildman–Crippen MR) is 400 cm³/mol. The van der Waals surface area contributed by atoms with Crippen molar-refractivity contribution in [2.45, 2.75) is 0 Å².